The second kappa shape index (κ2) is 1.22. The van der Waals surface area contributed by atoms with Crippen LogP contribution in [0.3, 0.4) is 0 Å². The van der Waals surface area contributed by atoms with Gasteiger partial charge in [0.15, 0.2) is 0 Å². The summed E-state index contributed by atoms with van der Waals surface area (Å²) in [5.41, 5.74) is 0. The lowest BCUT2D eigenvalue weighted by atomic mass is 10.1. The third-order valence-electron chi connectivity index (χ3n) is 1.89. The molecule has 0 bridgehead atoms. The minimum absolute atomic E-state index is 0.980. The molecule has 2 atom stereocenters. The molecule has 0 N–H and O–H groups in total. The zero-order valence-corrected chi connectivity index (χ0v) is 4.43. The third kappa shape index (κ3) is 0.556. The molecule has 0 aromatic rings. The Bertz CT molecular complexity index is 70.2. The largest absolute Gasteiger partial charge is 0.298 e. The number of hydrogen-bond acceptors (Lipinski definition) is 1. The van der Waals surface area contributed by atoms with E-state index in [-0.39, 0.29) is 0 Å². The molecule has 2 heterocycles. The molecule has 2 unspecified atom stereocenters. The van der Waals surface area contributed by atoms with Crippen LogP contribution in [0.1, 0.15) is 12.8 Å². The van der Waals surface area contributed by atoms with Gasteiger partial charge < -0.3 is 0 Å². The van der Waals surface area contributed by atoms with Gasteiger partial charge in [0.2, 0.25) is 0 Å². The zero-order chi connectivity index (χ0) is 4.69. The Morgan fingerprint density at radius 3 is 3.14 bits per heavy atom. The highest BCUT2D eigenvalue weighted by Crippen LogP contribution is 2.27. The first-order valence-corrected chi connectivity index (χ1v) is 3.02. The van der Waals surface area contributed by atoms with Crippen LogP contribution in [-0.2, 0) is 0 Å². The summed E-state index contributed by atoms with van der Waals surface area (Å²) in [6.45, 7) is 2.72. The van der Waals surface area contributed by atoms with Crippen molar-refractivity contribution in [2.24, 2.45) is 0 Å². The van der Waals surface area contributed by atoms with Gasteiger partial charge in [0.25, 0.3) is 0 Å². The first kappa shape index (κ1) is 3.90. The van der Waals surface area contributed by atoms with Crippen molar-refractivity contribution in [3.05, 3.63) is 6.42 Å². The molecule has 0 amide bonds. The van der Waals surface area contributed by atoms with E-state index in [1.165, 1.54) is 25.9 Å². The van der Waals surface area contributed by atoms with Crippen LogP contribution in [0.5, 0.6) is 0 Å². The van der Waals surface area contributed by atoms with Gasteiger partial charge in [0.1, 0.15) is 0 Å². The number of fused-ring (bicyclic) bond motifs is 1. The van der Waals surface area contributed by atoms with Crippen LogP contribution in [0.2, 0.25) is 0 Å². The predicted molar refractivity (Wildman–Crippen MR) is 28.9 cm³/mol. The lowest BCUT2D eigenvalue weighted by Gasteiger charge is -2.07. The summed E-state index contributed by atoms with van der Waals surface area (Å²) < 4.78 is 0. The molecule has 0 spiro atoms. The van der Waals surface area contributed by atoms with Crippen molar-refractivity contribution < 1.29 is 0 Å². The Morgan fingerprint density at radius 1 is 1.57 bits per heavy atom. The number of nitrogens with zero attached hydrogens (tertiary/aromatic N) is 1. The smallest absolute Gasteiger partial charge is 0.0226 e. The molecule has 0 aromatic carbocycles. The Balaban J connectivity index is 1.95. The van der Waals surface area contributed by atoms with Gasteiger partial charge in [-0.1, -0.05) is 0 Å². The van der Waals surface area contributed by atoms with Crippen LogP contribution >= 0.6 is 0 Å². The van der Waals surface area contributed by atoms with Gasteiger partial charge in [-0.2, -0.15) is 0 Å². The Morgan fingerprint density at radius 2 is 2.57 bits per heavy atom. The van der Waals surface area contributed by atoms with Crippen molar-refractivity contribution in [3.63, 3.8) is 0 Å². The average molecular weight is 96.2 g/mol. The van der Waals surface area contributed by atoms with E-state index in [0.29, 0.717) is 0 Å². The summed E-state index contributed by atoms with van der Waals surface area (Å²) in [6, 6.07) is 0.980. The van der Waals surface area contributed by atoms with E-state index >= 15 is 0 Å². The maximum absolute atomic E-state index is 2.53. The predicted octanol–water partition coefficient (Wildman–Crippen LogP) is 0.669. The topological polar surface area (TPSA) is 3.01 Å². The quantitative estimate of drug-likeness (QED) is 0.400. The van der Waals surface area contributed by atoms with E-state index in [1.807, 2.05) is 0 Å². The normalized spacial score (nSPS) is 48.0. The molecule has 2 aliphatic rings. The fourth-order valence-electron chi connectivity index (χ4n) is 1.29. The first-order valence-electron chi connectivity index (χ1n) is 3.02. The molecule has 0 aromatic heterocycles. The van der Waals surface area contributed by atoms with E-state index in [4.69, 9.17) is 0 Å². The summed E-state index contributed by atoms with van der Waals surface area (Å²) in [5, 5.41) is 0. The van der Waals surface area contributed by atoms with Crippen molar-refractivity contribution in [2.45, 2.75) is 18.9 Å². The fourth-order valence-corrected chi connectivity index (χ4v) is 1.29. The van der Waals surface area contributed by atoms with Crippen LogP contribution in [0.25, 0.3) is 0 Å². The first-order chi connectivity index (χ1) is 3.47. The molecule has 2 saturated heterocycles. The minimum atomic E-state index is 0.980. The number of hydrogen-bond donors (Lipinski definition) is 0. The lowest BCUT2D eigenvalue weighted by Crippen LogP contribution is -2.09. The number of piperidine rings is 1. The maximum Gasteiger partial charge on any atom is 0.0226 e. The van der Waals surface area contributed by atoms with Crippen molar-refractivity contribution in [1.29, 1.82) is 0 Å². The molecule has 7 heavy (non-hydrogen) atoms. The van der Waals surface area contributed by atoms with Gasteiger partial charge in [0, 0.05) is 12.6 Å². The molecule has 1 radical (unpaired) electrons. The molecule has 1 nitrogen and oxygen atoms in total. The van der Waals surface area contributed by atoms with Crippen LogP contribution in [-0.4, -0.2) is 24.0 Å². The van der Waals surface area contributed by atoms with E-state index in [2.05, 4.69) is 11.3 Å². The van der Waals surface area contributed by atoms with Crippen molar-refractivity contribution >= 4 is 0 Å². The summed E-state index contributed by atoms with van der Waals surface area (Å²) >= 11 is 0. The minimum Gasteiger partial charge on any atom is -0.298 e. The highest BCUT2D eigenvalue weighted by molar-refractivity contribution is 4.97. The van der Waals surface area contributed by atoms with Gasteiger partial charge in [0.05, 0.1) is 0 Å². The SMILES string of the molecule is [CH]1CCN2CC2C1. The summed E-state index contributed by atoms with van der Waals surface area (Å²) in [7, 11) is 0. The van der Waals surface area contributed by atoms with Gasteiger partial charge >= 0.3 is 0 Å². The van der Waals surface area contributed by atoms with Gasteiger partial charge in [-0.3, -0.25) is 4.90 Å². The van der Waals surface area contributed by atoms with Crippen molar-refractivity contribution in [3.8, 4) is 0 Å². The molecule has 2 fully saturated rings. The fraction of sp³-hybridized carbons (Fsp3) is 0.833. The zero-order valence-electron chi connectivity index (χ0n) is 4.43. The van der Waals surface area contributed by atoms with Gasteiger partial charge in [-0.05, 0) is 25.8 Å². The van der Waals surface area contributed by atoms with Crippen molar-refractivity contribution in [1.82, 2.24) is 4.90 Å². The Labute approximate surface area is 44.3 Å². The molecular weight excluding hydrogens is 86.1 g/mol. The molecule has 2 rings (SSSR count). The lowest BCUT2D eigenvalue weighted by molar-refractivity contribution is 0.461. The highest BCUT2D eigenvalue weighted by atomic mass is 15.3. The Kier molecular flexibility index (Phi) is 0.680. The maximum atomic E-state index is 2.53. The summed E-state index contributed by atoms with van der Waals surface area (Å²) in [5.74, 6) is 0. The van der Waals surface area contributed by atoms with E-state index in [0.717, 1.165) is 6.04 Å². The molecule has 1 heteroatoms. The van der Waals surface area contributed by atoms with E-state index in [9.17, 15) is 0 Å². The van der Waals surface area contributed by atoms with Crippen LogP contribution < -0.4 is 0 Å². The summed E-state index contributed by atoms with van der Waals surface area (Å²) in [4.78, 5) is 2.53. The average Bonchev–Trinajstić information content (AvgIpc) is 2.41. The summed E-state index contributed by atoms with van der Waals surface area (Å²) in [6.07, 6.45) is 5.10. The van der Waals surface area contributed by atoms with Crippen LogP contribution in [0.4, 0.5) is 0 Å². The highest BCUT2D eigenvalue weighted by Gasteiger charge is 2.34. The molecule has 2 aliphatic heterocycles. The second-order valence-corrected chi connectivity index (χ2v) is 2.46. The monoisotopic (exact) mass is 96.1 g/mol. The van der Waals surface area contributed by atoms with E-state index in [1.54, 1.807) is 0 Å². The second-order valence-electron chi connectivity index (χ2n) is 2.46. The Hall–Kier alpha value is -0.0400. The molecular formula is C6H10N. The van der Waals surface area contributed by atoms with E-state index < -0.39 is 0 Å². The van der Waals surface area contributed by atoms with Gasteiger partial charge in [-0.25, -0.2) is 0 Å². The standard InChI is InChI=1S/C6H10N/c1-2-4-7-5-6(7)3-1/h1,6H,2-5H2. The molecule has 0 aliphatic carbocycles. The van der Waals surface area contributed by atoms with Gasteiger partial charge in [-0.15, -0.1) is 0 Å². The number of rotatable bonds is 0. The van der Waals surface area contributed by atoms with Crippen LogP contribution in [0, 0.1) is 6.42 Å². The third-order valence-corrected chi connectivity index (χ3v) is 1.89. The van der Waals surface area contributed by atoms with Crippen LogP contribution in [0.15, 0.2) is 0 Å². The molecule has 0 saturated carbocycles. The van der Waals surface area contributed by atoms with Crippen molar-refractivity contribution in [2.75, 3.05) is 13.1 Å². The molecule has 39 valence electrons.